The molecular formula is C15H10BrN3O3S. The highest BCUT2D eigenvalue weighted by molar-refractivity contribution is 9.10. The van der Waals surface area contributed by atoms with Crippen LogP contribution in [-0.2, 0) is 12.8 Å². The molecule has 1 aliphatic rings. The molecule has 0 saturated heterocycles. The minimum Gasteiger partial charge on any atom is -0.506 e. The van der Waals surface area contributed by atoms with Gasteiger partial charge in [0.05, 0.1) is 15.0 Å². The Morgan fingerprint density at radius 2 is 2.26 bits per heavy atom. The first-order valence-corrected chi connectivity index (χ1v) is 8.37. The first-order valence-electron chi connectivity index (χ1n) is 6.77. The van der Waals surface area contributed by atoms with Crippen molar-refractivity contribution in [3.8, 4) is 11.8 Å². The van der Waals surface area contributed by atoms with Gasteiger partial charge in [-0.2, -0.15) is 5.26 Å². The Hall–Kier alpha value is -2.24. The number of benzene rings is 1. The summed E-state index contributed by atoms with van der Waals surface area (Å²) in [6, 6.07) is 4.66. The number of hydrogen-bond acceptors (Lipinski definition) is 6. The van der Waals surface area contributed by atoms with Gasteiger partial charge in [0.2, 0.25) is 0 Å². The van der Waals surface area contributed by atoms with Gasteiger partial charge in [-0.1, -0.05) is 0 Å². The number of fused-ring (bicyclic) bond motifs is 1. The molecule has 0 amide bonds. The van der Waals surface area contributed by atoms with Crippen molar-refractivity contribution in [2.45, 2.75) is 19.3 Å². The van der Waals surface area contributed by atoms with Crippen molar-refractivity contribution in [1.82, 2.24) is 0 Å². The lowest BCUT2D eigenvalue weighted by atomic mass is 10.1. The fourth-order valence-corrected chi connectivity index (χ4v) is 4.18. The van der Waals surface area contributed by atoms with Gasteiger partial charge in [0.1, 0.15) is 16.8 Å². The highest BCUT2D eigenvalue weighted by Gasteiger charge is 2.22. The number of thiophene rings is 1. The van der Waals surface area contributed by atoms with E-state index in [1.165, 1.54) is 34.6 Å². The number of aromatic hydroxyl groups is 1. The van der Waals surface area contributed by atoms with Gasteiger partial charge in [0.25, 0.3) is 5.69 Å². The molecule has 2 aromatic rings. The zero-order chi connectivity index (χ0) is 16.6. The van der Waals surface area contributed by atoms with E-state index in [4.69, 9.17) is 0 Å². The van der Waals surface area contributed by atoms with Crippen molar-refractivity contribution in [2.75, 3.05) is 0 Å². The molecule has 0 fully saturated rings. The van der Waals surface area contributed by atoms with Crippen LogP contribution in [0.2, 0.25) is 0 Å². The Morgan fingerprint density at radius 1 is 1.48 bits per heavy atom. The Bertz CT molecular complexity index is 883. The molecule has 1 N–H and O–H groups in total. The lowest BCUT2D eigenvalue weighted by Crippen LogP contribution is -1.91. The Kier molecular flexibility index (Phi) is 4.15. The minimum atomic E-state index is -0.540. The van der Waals surface area contributed by atoms with Gasteiger partial charge in [-0.25, -0.2) is 4.99 Å². The minimum absolute atomic E-state index is 0.123. The summed E-state index contributed by atoms with van der Waals surface area (Å²) < 4.78 is 0.224. The van der Waals surface area contributed by atoms with E-state index >= 15 is 0 Å². The number of phenols is 1. The second kappa shape index (κ2) is 6.10. The molecule has 0 unspecified atom stereocenters. The summed E-state index contributed by atoms with van der Waals surface area (Å²) in [5.74, 6) is -0.123. The summed E-state index contributed by atoms with van der Waals surface area (Å²) in [4.78, 5) is 15.8. The molecule has 1 aliphatic carbocycles. The third-order valence-electron chi connectivity index (χ3n) is 3.62. The highest BCUT2D eigenvalue weighted by Crippen LogP contribution is 2.40. The van der Waals surface area contributed by atoms with Crippen molar-refractivity contribution < 1.29 is 10.0 Å². The van der Waals surface area contributed by atoms with E-state index in [0.29, 0.717) is 10.6 Å². The van der Waals surface area contributed by atoms with Crippen molar-refractivity contribution in [2.24, 2.45) is 4.99 Å². The lowest BCUT2D eigenvalue weighted by molar-refractivity contribution is -0.385. The molecule has 6 nitrogen and oxygen atoms in total. The first-order chi connectivity index (χ1) is 11.0. The third-order valence-corrected chi connectivity index (χ3v) is 5.43. The first kappa shape index (κ1) is 15.6. The zero-order valence-corrected chi connectivity index (χ0v) is 14.1. The van der Waals surface area contributed by atoms with E-state index < -0.39 is 4.92 Å². The number of hydrogen-bond donors (Lipinski definition) is 1. The maximum atomic E-state index is 10.9. The molecule has 3 rings (SSSR count). The van der Waals surface area contributed by atoms with Crippen LogP contribution in [0.4, 0.5) is 10.7 Å². The average molecular weight is 392 g/mol. The predicted molar refractivity (Wildman–Crippen MR) is 90.8 cm³/mol. The van der Waals surface area contributed by atoms with Crippen LogP contribution in [-0.4, -0.2) is 16.2 Å². The lowest BCUT2D eigenvalue weighted by Gasteiger charge is -2.01. The van der Waals surface area contributed by atoms with Crippen LogP contribution in [0.15, 0.2) is 21.6 Å². The molecule has 0 radical (unpaired) electrons. The third kappa shape index (κ3) is 2.85. The topological polar surface area (TPSA) is 99.5 Å². The van der Waals surface area contributed by atoms with E-state index in [-0.39, 0.29) is 21.5 Å². The Labute approximate surface area is 144 Å². The molecule has 1 heterocycles. The number of nitro benzene ring substituents is 1. The number of rotatable bonds is 3. The molecule has 8 heteroatoms. The smallest absolute Gasteiger partial charge is 0.271 e. The summed E-state index contributed by atoms with van der Waals surface area (Å²) in [6.45, 7) is 0. The van der Waals surface area contributed by atoms with E-state index in [1.807, 2.05) is 0 Å². The molecule has 23 heavy (non-hydrogen) atoms. The average Bonchev–Trinajstić information content (AvgIpc) is 3.08. The number of halogens is 1. The molecule has 0 saturated carbocycles. The van der Waals surface area contributed by atoms with Crippen LogP contribution < -0.4 is 0 Å². The maximum absolute atomic E-state index is 10.9. The van der Waals surface area contributed by atoms with Crippen LogP contribution in [0, 0.1) is 21.4 Å². The van der Waals surface area contributed by atoms with Crippen LogP contribution >= 0.6 is 27.3 Å². The Balaban J connectivity index is 2.01. The van der Waals surface area contributed by atoms with Gasteiger partial charge in [0.15, 0.2) is 0 Å². The van der Waals surface area contributed by atoms with Gasteiger partial charge < -0.3 is 5.11 Å². The molecule has 0 atom stereocenters. The van der Waals surface area contributed by atoms with Gasteiger partial charge in [-0.05, 0) is 40.8 Å². The van der Waals surface area contributed by atoms with Gasteiger partial charge in [-0.3, -0.25) is 10.1 Å². The molecule has 1 aromatic heterocycles. The molecule has 1 aromatic carbocycles. The second-order valence-corrected chi connectivity index (χ2v) is 6.97. The number of non-ortho nitro benzene ring substituents is 1. The second-order valence-electron chi connectivity index (χ2n) is 5.03. The van der Waals surface area contributed by atoms with Crippen LogP contribution in [0.5, 0.6) is 5.75 Å². The summed E-state index contributed by atoms with van der Waals surface area (Å²) in [5, 5.41) is 30.8. The summed E-state index contributed by atoms with van der Waals surface area (Å²) in [6.07, 6.45) is 4.25. The van der Waals surface area contributed by atoms with Gasteiger partial charge >= 0.3 is 0 Å². The van der Waals surface area contributed by atoms with Crippen molar-refractivity contribution in [1.29, 1.82) is 5.26 Å². The molecule has 0 spiro atoms. The summed E-state index contributed by atoms with van der Waals surface area (Å²) in [7, 11) is 0. The summed E-state index contributed by atoms with van der Waals surface area (Å²) >= 11 is 4.56. The number of phenolic OH excluding ortho intramolecular Hbond substituents is 1. The number of aliphatic imine (C=N–C) groups is 1. The molecule has 0 bridgehead atoms. The van der Waals surface area contributed by atoms with Gasteiger partial charge in [0, 0.05) is 28.8 Å². The zero-order valence-electron chi connectivity index (χ0n) is 11.7. The normalized spacial score (nSPS) is 13.2. The van der Waals surface area contributed by atoms with Crippen molar-refractivity contribution in [3.63, 3.8) is 0 Å². The monoisotopic (exact) mass is 391 g/mol. The summed E-state index contributed by atoms with van der Waals surface area (Å²) in [5.41, 5.74) is 1.71. The number of nitriles is 1. The molecule has 0 aliphatic heterocycles. The van der Waals surface area contributed by atoms with Crippen LogP contribution in [0.3, 0.4) is 0 Å². The molecule has 116 valence electrons. The number of aryl methyl sites for hydroxylation is 1. The quantitative estimate of drug-likeness (QED) is 0.480. The fourth-order valence-electron chi connectivity index (χ4n) is 2.53. The van der Waals surface area contributed by atoms with E-state index in [1.54, 1.807) is 0 Å². The molecular weight excluding hydrogens is 382 g/mol. The van der Waals surface area contributed by atoms with E-state index in [2.05, 4.69) is 27.0 Å². The van der Waals surface area contributed by atoms with Crippen LogP contribution in [0.25, 0.3) is 0 Å². The number of nitro groups is 1. The predicted octanol–water partition coefficient (Wildman–Crippen LogP) is 4.24. The maximum Gasteiger partial charge on any atom is 0.271 e. The Morgan fingerprint density at radius 3 is 2.96 bits per heavy atom. The standard InChI is InChI=1S/C15H10BrN3O3S/c16-12-5-9(19(21)22)4-8(14(12)20)7-18-15-11(6-17)10-2-1-3-13(10)23-15/h4-5,7,20H,1-3H2. The van der Waals surface area contributed by atoms with Crippen molar-refractivity contribution >= 4 is 44.2 Å². The van der Waals surface area contributed by atoms with Crippen molar-refractivity contribution in [3.05, 3.63) is 48.3 Å². The number of nitrogens with zero attached hydrogens (tertiary/aromatic N) is 3. The van der Waals surface area contributed by atoms with E-state index in [0.717, 1.165) is 24.8 Å². The van der Waals surface area contributed by atoms with Gasteiger partial charge in [-0.15, -0.1) is 11.3 Å². The SMILES string of the molecule is N#Cc1c(N=Cc2cc([N+](=O)[O-])cc(Br)c2O)sc2c1CCC2. The highest BCUT2D eigenvalue weighted by atomic mass is 79.9. The van der Waals surface area contributed by atoms with Crippen LogP contribution in [0.1, 0.15) is 28.0 Å². The largest absolute Gasteiger partial charge is 0.506 e. The van der Waals surface area contributed by atoms with E-state index in [9.17, 15) is 20.5 Å². The fraction of sp³-hybridized carbons (Fsp3) is 0.200.